The number of rotatable bonds is 3. The van der Waals surface area contributed by atoms with Crippen molar-refractivity contribution >= 4 is 0 Å². The Kier molecular flexibility index (Phi) is 3.20. The SMILES string of the molecule is CCCc1cc(C(C)C)ncn1. The lowest BCUT2D eigenvalue weighted by atomic mass is 10.1. The summed E-state index contributed by atoms with van der Waals surface area (Å²) in [6.45, 7) is 6.47. The van der Waals surface area contributed by atoms with E-state index in [0.29, 0.717) is 5.92 Å². The van der Waals surface area contributed by atoms with Gasteiger partial charge in [-0.25, -0.2) is 9.97 Å². The molecule has 0 N–H and O–H groups in total. The Labute approximate surface area is 74.1 Å². The number of hydrogen-bond acceptors (Lipinski definition) is 2. The second kappa shape index (κ2) is 4.19. The van der Waals surface area contributed by atoms with E-state index in [1.807, 2.05) is 0 Å². The summed E-state index contributed by atoms with van der Waals surface area (Å²) >= 11 is 0. The highest BCUT2D eigenvalue weighted by Crippen LogP contribution is 2.11. The minimum atomic E-state index is 0.503. The summed E-state index contributed by atoms with van der Waals surface area (Å²) in [5.41, 5.74) is 2.31. The van der Waals surface area contributed by atoms with Crippen LogP contribution in [-0.4, -0.2) is 9.97 Å². The van der Waals surface area contributed by atoms with Crippen LogP contribution in [0.2, 0.25) is 0 Å². The largest absolute Gasteiger partial charge is 0.241 e. The molecule has 0 radical (unpaired) electrons. The van der Waals surface area contributed by atoms with Crippen molar-refractivity contribution in [1.29, 1.82) is 0 Å². The van der Waals surface area contributed by atoms with E-state index >= 15 is 0 Å². The second-order valence-electron chi connectivity index (χ2n) is 3.34. The molecular formula is C10H16N2. The van der Waals surface area contributed by atoms with Gasteiger partial charge in [-0.2, -0.15) is 0 Å². The van der Waals surface area contributed by atoms with Crippen LogP contribution in [0.5, 0.6) is 0 Å². The van der Waals surface area contributed by atoms with E-state index in [2.05, 4.69) is 36.8 Å². The van der Waals surface area contributed by atoms with Crippen LogP contribution in [-0.2, 0) is 6.42 Å². The molecule has 0 saturated carbocycles. The van der Waals surface area contributed by atoms with Gasteiger partial charge in [-0.15, -0.1) is 0 Å². The molecule has 0 spiro atoms. The molecule has 0 aliphatic rings. The molecule has 1 rings (SSSR count). The third-order valence-corrected chi connectivity index (χ3v) is 1.84. The molecule has 0 unspecified atom stereocenters. The van der Waals surface area contributed by atoms with Crippen molar-refractivity contribution < 1.29 is 0 Å². The van der Waals surface area contributed by atoms with E-state index in [1.165, 1.54) is 0 Å². The minimum Gasteiger partial charge on any atom is -0.241 e. The molecule has 0 aliphatic carbocycles. The normalized spacial score (nSPS) is 10.7. The average molecular weight is 164 g/mol. The van der Waals surface area contributed by atoms with Gasteiger partial charge in [0.1, 0.15) is 6.33 Å². The monoisotopic (exact) mass is 164 g/mol. The number of nitrogens with zero attached hydrogens (tertiary/aromatic N) is 2. The summed E-state index contributed by atoms with van der Waals surface area (Å²) in [7, 11) is 0. The summed E-state index contributed by atoms with van der Waals surface area (Å²) in [5.74, 6) is 0.503. The first-order chi connectivity index (χ1) is 5.74. The van der Waals surface area contributed by atoms with E-state index < -0.39 is 0 Å². The zero-order valence-electron chi connectivity index (χ0n) is 8.04. The number of aromatic nitrogens is 2. The van der Waals surface area contributed by atoms with Crippen molar-refractivity contribution in [3.63, 3.8) is 0 Å². The fraction of sp³-hybridized carbons (Fsp3) is 0.600. The quantitative estimate of drug-likeness (QED) is 0.686. The first-order valence-electron chi connectivity index (χ1n) is 4.54. The van der Waals surface area contributed by atoms with Crippen molar-refractivity contribution in [1.82, 2.24) is 9.97 Å². The van der Waals surface area contributed by atoms with Crippen LogP contribution < -0.4 is 0 Å². The summed E-state index contributed by atoms with van der Waals surface area (Å²) in [5, 5.41) is 0. The molecule has 0 atom stereocenters. The maximum absolute atomic E-state index is 4.21. The summed E-state index contributed by atoms with van der Waals surface area (Å²) in [4.78, 5) is 8.41. The third kappa shape index (κ3) is 2.29. The Morgan fingerprint density at radius 1 is 1.33 bits per heavy atom. The average Bonchev–Trinajstić information content (AvgIpc) is 2.05. The van der Waals surface area contributed by atoms with Gasteiger partial charge in [0.25, 0.3) is 0 Å². The van der Waals surface area contributed by atoms with E-state index in [4.69, 9.17) is 0 Å². The third-order valence-electron chi connectivity index (χ3n) is 1.84. The first kappa shape index (κ1) is 9.17. The van der Waals surface area contributed by atoms with Crippen molar-refractivity contribution in [3.8, 4) is 0 Å². The van der Waals surface area contributed by atoms with E-state index in [0.717, 1.165) is 24.2 Å². The van der Waals surface area contributed by atoms with Gasteiger partial charge in [0.2, 0.25) is 0 Å². The molecule has 0 amide bonds. The lowest BCUT2D eigenvalue weighted by molar-refractivity contribution is 0.790. The van der Waals surface area contributed by atoms with Gasteiger partial charge in [-0.1, -0.05) is 27.2 Å². The van der Waals surface area contributed by atoms with Crippen molar-refractivity contribution in [2.75, 3.05) is 0 Å². The molecule has 1 aromatic rings. The Hall–Kier alpha value is -0.920. The zero-order chi connectivity index (χ0) is 8.97. The van der Waals surface area contributed by atoms with Crippen LogP contribution >= 0.6 is 0 Å². The molecule has 2 nitrogen and oxygen atoms in total. The molecule has 66 valence electrons. The van der Waals surface area contributed by atoms with E-state index in [9.17, 15) is 0 Å². The maximum atomic E-state index is 4.21. The van der Waals surface area contributed by atoms with Gasteiger partial charge in [-0.3, -0.25) is 0 Å². The molecule has 0 aromatic carbocycles. The Balaban J connectivity index is 2.81. The highest BCUT2D eigenvalue weighted by atomic mass is 14.8. The van der Waals surface area contributed by atoms with E-state index in [-0.39, 0.29) is 0 Å². The molecular weight excluding hydrogens is 148 g/mol. The summed E-state index contributed by atoms with van der Waals surface area (Å²) in [6, 6.07) is 2.11. The summed E-state index contributed by atoms with van der Waals surface area (Å²) < 4.78 is 0. The van der Waals surface area contributed by atoms with Crippen LogP contribution in [0.25, 0.3) is 0 Å². The van der Waals surface area contributed by atoms with Crippen molar-refractivity contribution in [2.24, 2.45) is 0 Å². The van der Waals surface area contributed by atoms with Crippen molar-refractivity contribution in [3.05, 3.63) is 23.8 Å². The van der Waals surface area contributed by atoms with Crippen LogP contribution in [0.15, 0.2) is 12.4 Å². The summed E-state index contributed by atoms with van der Waals surface area (Å²) in [6.07, 6.45) is 3.87. The van der Waals surface area contributed by atoms with E-state index in [1.54, 1.807) is 6.33 Å². The standard InChI is InChI=1S/C10H16N2/c1-4-5-9-6-10(8(2)3)12-7-11-9/h6-8H,4-5H2,1-3H3. The van der Waals surface area contributed by atoms with Crippen LogP contribution in [0.3, 0.4) is 0 Å². The first-order valence-corrected chi connectivity index (χ1v) is 4.54. The molecule has 0 saturated heterocycles. The smallest absolute Gasteiger partial charge is 0.115 e. The molecule has 2 heteroatoms. The molecule has 1 aromatic heterocycles. The van der Waals surface area contributed by atoms with Gasteiger partial charge in [-0.05, 0) is 18.4 Å². The molecule has 0 bridgehead atoms. The molecule has 12 heavy (non-hydrogen) atoms. The number of aryl methyl sites for hydroxylation is 1. The van der Waals surface area contributed by atoms with Gasteiger partial charge in [0.05, 0.1) is 0 Å². The minimum absolute atomic E-state index is 0.503. The fourth-order valence-corrected chi connectivity index (χ4v) is 1.12. The predicted molar refractivity (Wildman–Crippen MR) is 50.1 cm³/mol. The molecule has 0 aliphatic heterocycles. The van der Waals surface area contributed by atoms with Gasteiger partial charge < -0.3 is 0 Å². The molecule has 0 fully saturated rings. The number of hydrogen-bond donors (Lipinski definition) is 0. The maximum Gasteiger partial charge on any atom is 0.115 e. The topological polar surface area (TPSA) is 25.8 Å². The van der Waals surface area contributed by atoms with Gasteiger partial charge in [0.15, 0.2) is 0 Å². The fourth-order valence-electron chi connectivity index (χ4n) is 1.12. The molecule has 1 heterocycles. The van der Waals surface area contributed by atoms with Crippen LogP contribution in [0.4, 0.5) is 0 Å². The highest BCUT2D eigenvalue weighted by Gasteiger charge is 2.01. The van der Waals surface area contributed by atoms with Gasteiger partial charge in [0, 0.05) is 11.4 Å². The lowest BCUT2D eigenvalue weighted by Crippen LogP contribution is -1.97. The predicted octanol–water partition coefficient (Wildman–Crippen LogP) is 2.55. The Morgan fingerprint density at radius 2 is 2.08 bits per heavy atom. The zero-order valence-corrected chi connectivity index (χ0v) is 8.04. The Bertz CT molecular complexity index is 243. The highest BCUT2D eigenvalue weighted by molar-refractivity contribution is 5.11. The Morgan fingerprint density at radius 3 is 2.67 bits per heavy atom. The van der Waals surface area contributed by atoms with Crippen LogP contribution in [0.1, 0.15) is 44.5 Å². The lowest BCUT2D eigenvalue weighted by Gasteiger charge is -2.04. The van der Waals surface area contributed by atoms with Crippen molar-refractivity contribution in [2.45, 2.75) is 39.5 Å². The van der Waals surface area contributed by atoms with Gasteiger partial charge >= 0.3 is 0 Å². The van der Waals surface area contributed by atoms with Crippen LogP contribution in [0, 0.1) is 0 Å². The second-order valence-corrected chi connectivity index (χ2v) is 3.34.